The molecule has 2 aromatic heterocycles. The van der Waals surface area contributed by atoms with E-state index in [1.54, 1.807) is 17.7 Å². The molecule has 106 valence electrons. The molecule has 1 unspecified atom stereocenters. The van der Waals surface area contributed by atoms with Gasteiger partial charge in [-0.2, -0.15) is 0 Å². The van der Waals surface area contributed by atoms with E-state index in [2.05, 4.69) is 9.97 Å². The number of rotatable bonds is 1. The fourth-order valence-corrected chi connectivity index (χ4v) is 3.42. The molecule has 2 aromatic rings. The molecule has 20 heavy (non-hydrogen) atoms. The summed E-state index contributed by atoms with van der Waals surface area (Å²) >= 11 is 6.16. The van der Waals surface area contributed by atoms with Gasteiger partial charge in [0, 0.05) is 12.6 Å². The molecule has 1 saturated heterocycles. The van der Waals surface area contributed by atoms with Crippen LogP contribution in [0.15, 0.2) is 12.5 Å². The van der Waals surface area contributed by atoms with Gasteiger partial charge in [-0.25, -0.2) is 9.97 Å². The monoisotopic (exact) mass is 296 g/mol. The van der Waals surface area contributed by atoms with Gasteiger partial charge in [0.15, 0.2) is 0 Å². The maximum Gasteiger partial charge on any atom is 0.149 e. The van der Waals surface area contributed by atoms with E-state index in [9.17, 15) is 10.2 Å². The van der Waals surface area contributed by atoms with E-state index in [-0.39, 0.29) is 6.42 Å². The number of fused-ring (bicyclic) bond motifs is 2. The number of hydrogen-bond acceptors (Lipinski definition) is 6. The van der Waals surface area contributed by atoms with Gasteiger partial charge in [-0.05, 0) is 6.92 Å². The Morgan fingerprint density at radius 3 is 2.95 bits per heavy atom. The van der Waals surface area contributed by atoms with Crippen molar-refractivity contribution in [2.75, 3.05) is 5.73 Å². The first-order valence-electron chi connectivity index (χ1n) is 6.23. The number of nitrogen functional groups attached to an aromatic ring is 1. The van der Waals surface area contributed by atoms with Crippen molar-refractivity contribution in [3.05, 3.63) is 17.5 Å². The van der Waals surface area contributed by atoms with Gasteiger partial charge in [0.1, 0.15) is 41.3 Å². The van der Waals surface area contributed by atoms with Gasteiger partial charge in [0.2, 0.25) is 0 Å². The smallest absolute Gasteiger partial charge is 0.149 e. The first-order valence-corrected chi connectivity index (χ1v) is 6.61. The highest BCUT2D eigenvalue weighted by atomic mass is 35.5. The lowest BCUT2D eigenvalue weighted by Gasteiger charge is -2.18. The fraction of sp³-hybridized carbons (Fsp3) is 0.500. The average molecular weight is 297 g/mol. The molecule has 8 heteroatoms. The molecule has 3 heterocycles. The maximum absolute atomic E-state index is 10.3. The molecule has 4 rings (SSSR count). The van der Waals surface area contributed by atoms with Crippen molar-refractivity contribution < 1.29 is 14.9 Å². The summed E-state index contributed by atoms with van der Waals surface area (Å²) in [7, 11) is 0. The normalized spacial score (nSPS) is 39.2. The Hall–Kier alpha value is -1.41. The molecular formula is C12H13ClN4O3. The Labute approximate surface area is 118 Å². The predicted molar refractivity (Wildman–Crippen MR) is 71.1 cm³/mol. The number of nitrogens with zero attached hydrogens (tertiary/aromatic N) is 3. The predicted octanol–water partition coefficient (Wildman–Crippen LogP) is 0.450. The number of anilines is 1. The zero-order chi connectivity index (χ0) is 14.3. The quantitative estimate of drug-likeness (QED) is 0.705. The molecule has 0 bridgehead atoms. The molecular weight excluding hydrogens is 284 g/mol. The van der Waals surface area contributed by atoms with Crippen LogP contribution in [0.3, 0.4) is 0 Å². The van der Waals surface area contributed by atoms with Crippen molar-refractivity contribution in [3.63, 3.8) is 0 Å². The molecule has 0 amide bonds. The number of aliphatic hydroxyl groups is 2. The van der Waals surface area contributed by atoms with Gasteiger partial charge in [0.05, 0.1) is 10.4 Å². The van der Waals surface area contributed by atoms with Crippen LogP contribution in [0.4, 0.5) is 5.82 Å². The van der Waals surface area contributed by atoms with Crippen LogP contribution in [-0.4, -0.2) is 42.1 Å². The highest BCUT2D eigenvalue weighted by Crippen LogP contribution is 2.62. The number of aromatic nitrogens is 3. The molecule has 0 spiro atoms. The van der Waals surface area contributed by atoms with E-state index in [1.165, 1.54) is 6.33 Å². The fourth-order valence-electron chi connectivity index (χ4n) is 3.13. The molecule has 1 aliphatic heterocycles. The van der Waals surface area contributed by atoms with Crippen LogP contribution in [0.25, 0.3) is 11.0 Å². The second-order valence-electron chi connectivity index (χ2n) is 5.55. The maximum atomic E-state index is 10.3. The molecule has 1 aliphatic carbocycles. The van der Waals surface area contributed by atoms with Gasteiger partial charge in [0.25, 0.3) is 0 Å². The Balaban J connectivity index is 1.81. The van der Waals surface area contributed by atoms with Crippen molar-refractivity contribution in [3.8, 4) is 0 Å². The van der Waals surface area contributed by atoms with Gasteiger partial charge in [-0.15, -0.1) is 0 Å². The molecule has 4 N–H and O–H groups in total. The average Bonchev–Trinajstić information content (AvgIpc) is 2.74. The van der Waals surface area contributed by atoms with Crippen LogP contribution in [0.1, 0.15) is 19.6 Å². The Morgan fingerprint density at radius 2 is 2.30 bits per heavy atom. The lowest BCUT2D eigenvalue weighted by Crippen LogP contribution is -2.19. The third-order valence-electron chi connectivity index (χ3n) is 4.52. The Morgan fingerprint density at radius 1 is 1.55 bits per heavy atom. The Kier molecular flexibility index (Phi) is 2.11. The lowest BCUT2D eigenvalue weighted by molar-refractivity contribution is -0.0552. The van der Waals surface area contributed by atoms with E-state index in [4.69, 9.17) is 22.1 Å². The summed E-state index contributed by atoms with van der Waals surface area (Å²) in [5, 5.41) is 21.0. The van der Waals surface area contributed by atoms with Gasteiger partial charge < -0.3 is 25.3 Å². The van der Waals surface area contributed by atoms with Crippen molar-refractivity contribution in [1.82, 2.24) is 14.5 Å². The molecule has 0 aromatic carbocycles. The molecule has 2 aliphatic rings. The summed E-state index contributed by atoms with van der Waals surface area (Å²) in [5.41, 5.74) is 4.21. The highest BCUT2D eigenvalue weighted by Gasteiger charge is 2.80. The van der Waals surface area contributed by atoms with Crippen molar-refractivity contribution >= 4 is 28.5 Å². The molecule has 2 fully saturated rings. The Bertz CT molecular complexity index is 717. The first-order chi connectivity index (χ1) is 9.38. The number of aliphatic hydroxyl groups excluding tert-OH is 1. The van der Waals surface area contributed by atoms with E-state index < -0.39 is 23.5 Å². The molecule has 0 radical (unpaired) electrons. The second-order valence-corrected chi connectivity index (χ2v) is 5.96. The molecule has 1 saturated carbocycles. The third kappa shape index (κ3) is 1.22. The van der Waals surface area contributed by atoms with Crippen LogP contribution in [0.5, 0.6) is 0 Å². The SMILES string of the molecule is C[C@]12O[C@@H](n3cc(Cl)c4c(N)ncnc43)C[C@@]1(O)C2O. The minimum Gasteiger partial charge on any atom is -0.387 e. The lowest BCUT2D eigenvalue weighted by atomic mass is 10.2. The van der Waals surface area contributed by atoms with Crippen molar-refractivity contribution in [2.24, 2.45) is 0 Å². The zero-order valence-electron chi connectivity index (χ0n) is 10.6. The van der Waals surface area contributed by atoms with Crippen molar-refractivity contribution in [2.45, 2.75) is 36.9 Å². The highest BCUT2D eigenvalue weighted by molar-refractivity contribution is 6.36. The number of ether oxygens (including phenoxy) is 1. The summed E-state index contributed by atoms with van der Waals surface area (Å²) in [4.78, 5) is 8.08. The van der Waals surface area contributed by atoms with Crippen LogP contribution in [0, 0.1) is 0 Å². The van der Waals surface area contributed by atoms with E-state index in [1.807, 2.05) is 0 Å². The van der Waals surface area contributed by atoms with Crippen molar-refractivity contribution in [1.29, 1.82) is 0 Å². The molecule has 4 atom stereocenters. The second kappa shape index (κ2) is 3.43. The number of halogens is 1. The standard InChI is InChI=1S/C12H13ClN4O3/c1-11-10(18)12(11,19)2-6(20-11)17-3-5(13)7-8(14)15-4-16-9(7)17/h3-4,6,10,18-19H,2H2,1H3,(H2,14,15,16)/t6-,10?,11-,12-/m1/s1. The van der Waals surface area contributed by atoms with Gasteiger partial charge in [-0.1, -0.05) is 11.6 Å². The van der Waals surface area contributed by atoms with E-state index in [0.29, 0.717) is 21.9 Å². The summed E-state index contributed by atoms with van der Waals surface area (Å²) in [6.45, 7) is 1.69. The minimum absolute atomic E-state index is 0.273. The summed E-state index contributed by atoms with van der Waals surface area (Å²) in [6.07, 6.45) is 1.98. The van der Waals surface area contributed by atoms with Gasteiger partial charge in [-0.3, -0.25) is 0 Å². The van der Waals surface area contributed by atoms with Crippen LogP contribution in [0.2, 0.25) is 5.02 Å². The number of hydrogen-bond donors (Lipinski definition) is 3. The first kappa shape index (κ1) is 12.3. The van der Waals surface area contributed by atoms with E-state index in [0.717, 1.165) is 0 Å². The summed E-state index contributed by atoms with van der Waals surface area (Å²) in [6, 6.07) is 0. The topological polar surface area (TPSA) is 106 Å². The van der Waals surface area contributed by atoms with Crippen LogP contribution >= 0.6 is 11.6 Å². The van der Waals surface area contributed by atoms with Crippen LogP contribution in [-0.2, 0) is 4.74 Å². The largest absolute Gasteiger partial charge is 0.387 e. The van der Waals surface area contributed by atoms with E-state index >= 15 is 0 Å². The number of nitrogens with two attached hydrogens (primary N) is 1. The third-order valence-corrected chi connectivity index (χ3v) is 4.81. The van der Waals surface area contributed by atoms with Crippen LogP contribution < -0.4 is 5.73 Å². The minimum atomic E-state index is -1.21. The molecule has 7 nitrogen and oxygen atoms in total. The summed E-state index contributed by atoms with van der Waals surface area (Å²) in [5.74, 6) is 0.298. The summed E-state index contributed by atoms with van der Waals surface area (Å²) < 4.78 is 7.51. The zero-order valence-corrected chi connectivity index (χ0v) is 11.4. The van der Waals surface area contributed by atoms with Gasteiger partial charge >= 0.3 is 0 Å².